The van der Waals surface area contributed by atoms with Crippen molar-refractivity contribution in [3.63, 3.8) is 0 Å². The zero-order chi connectivity index (χ0) is 12.0. The van der Waals surface area contributed by atoms with Gasteiger partial charge in [0, 0.05) is 12.5 Å². The van der Waals surface area contributed by atoms with E-state index in [1.165, 1.54) is 0 Å². The van der Waals surface area contributed by atoms with E-state index in [2.05, 4.69) is 36.2 Å². The Kier molecular flexibility index (Phi) is 4.98. The lowest BCUT2D eigenvalue weighted by atomic mass is 10.2. The fourth-order valence-corrected chi connectivity index (χ4v) is 1.21. The lowest BCUT2D eigenvalue weighted by Gasteiger charge is -2.10. The molecule has 1 aromatic rings. The standard InChI is InChI=1S/C11H20N4O/c1-4-5-9-13-10(15-12)6-11(14-9)16-7-8(2)3/h6,8H,4-5,7,12H2,1-3H3,(H,13,14,15). The van der Waals surface area contributed by atoms with Gasteiger partial charge in [-0.15, -0.1) is 0 Å². The van der Waals surface area contributed by atoms with Gasteiger partial charge in [-0.3, -0.25) is 0 Å². The summed E-state index contributed by atoms with van der Waals surface area (Å²) >= 11 is 0. The average molecular weight is 224 g/mol. The summed E-state index contributed by atoms with van der Waals surface area (Å²) in [6.07, 6.45) is 1.82. The smallest absolute Gasteiger partial charge is 0.218 e. The topological polar surface area (TPSA) is 73.1 Å². The molecule has 90 valence electrons. The van der Waals surface area contributed by atoms with Crippen molar-refractivity contribution in [2.75, 3.05) is 12.0 Å². The fraction of sp³-hybridized carbons (Fsp3) is 0.636. The van der Waals surface area contributed by atoms with Gasteiger partial charge in [0.05, 0.1) is 6.61 Å². The predicted octanol–water partition coefficient (Wildman–Crippen LogP) is 1.75. The summed E-state index contributed by atoms with van der Waals surface area (Å²) in [5, 5.41) is 0. The molecule has 0 atom stereocenters. The van der Waals surface area contributed by atoms with E-state index in [0.717, 1.165) is 18.7 Å². The number of rotatable bonds is 6. The number of hydrazine groups is 1. The molecule has 0 aromatic carbocycles. The van der Waals surface area contributed by atoms with Gasteiger partial charge in [-0.05, 0) is 12.3 Å². The van der Waals surface area contributed by atoms with Crippen LogP contribution >= 0.6 is 0 Å². The van der Waals surface area contributed by atoms with Crippen molar-refractivity contribution >= 4 is 5.82 Å². The van der Waals surface area contributed by atoms with E-state index in [0.29, 0.717) is 24.2 Å². The summed E-state index contributed by atoms with van der Waals surface area (Å²) < 4.78 is 5.55. The van der Waals surface area contributed by atoms with E-state index in [1.807, 2.05) is 0 Å². The Bertz CT molecular complexity index is 328. The summed E-state index contributed by atoms with van der Waals surface area (Å²) in [4.78, 5) is 8.56. The fourth-order valence-electron chi connectivity index (χ4n) is 1.21. The van der Waals surface area contributed by atoms with Crippen molar-refractivity contribution in [3.05, 3.63) is 11.9 Å². The van der Waals surface area contributed by atoms with Gasteiger partial charge in [-0.2, -0.15) is 4.98 Å². The number of nitrogens with zero attached hydrogens (tertiary/aromatic N) is 2. The number of ether oxygens (including phenoxy) is 1. The van der Waals surface area contributed by atoms with Gasteiger partial charge in [0.2, 0.25) is 5.88 Å². The summed E-state index contributed by atoms with van der Waals surface area (Å²) in [7, 11) is 0. The van der Waals surface area contributed by atoms with Crippen molar-refractivity contribution < 1.29 is 4.74 Å². The Labute approximate surface area is 96.4 Å². The van der Waals surface area contributed by atoms with E-state index in [-0.39, 0.29) is 0 Å². The number of nitrogens with one attached hydrogen (secondary N) is 1. The molecule has 0 unspecified atom stereocenters. The van der Waals surface area contributed by atoms with Crippen LogP contribution in [0.2, 0.25) is 0 Å². The molecule has 0 spiro atoms. The van der Waals surface area contributed by atoms with Crippen LogP contribution in [-0.4, -0.2) is 16.6 Å². The first kappa shape index (κ1) is 12.7. The molecule has 0 saturated carbocycles. The molecule has 0 bridgehead atoms. The molecule has 0 amide bonds. The number of nitrogen functional groups attached to an aromatic ring is 1. The van der Waals surface area contributed by atoms with Gasteiger partial charge in [-0.25, -0.2) is 10.8 Å². The van der Waals surface area contributed by atoms with Crippen LogP contribution in [0.15, 0.2) is 6.07 Å². The van der Waals surface area contributed by atoms with Crippen LogP contribution in [0, 0.1) is 5.92 Å². The van der Waals surface area contributed by atoms with Crippen LogP contribution in [0.1, 0.15) is 33.0 Å². The number of hydrogen-bond donors (Lipinski definition) is 2. The van der Waals surface area contributed by atoms with Crippen LogP contribution in [0.3, 0.4) is 0 Å². The monoisotopic (exact) mass is 224 g/mol. The van der Waals surface area contributed by atoms with Gasteiger partial charge >= 0.3 is 0 Å². The highest BCUT2D eigenvalue weighted by molar-refractivity contribution is 5.36. The maximum absolute atomic E-state index is 5.55. The number of aromatic nitrogens is 2. The highest BCUT2D eigenvalue weighted by Crippen LogP contribution is 2.14. The molecule has 5 heteroatoms. The van der Waals surface area contributed by atoms with Crippen LogP contribution in [0.5, 0.6) is 5.88 Å². The van der Waals surface area contributed by atoms with Crippen molar-refractivity contribution in [2.24, 2.45) is 11.8 Å². The summed E-state index contributed by atoms with van der Waals surface area (Å²) in [5.74, 6) is 7.75. The number of nitrogens with two attached hydrogens (primary N) is 1. The van der Waals surface area contributed by atoms with Gasteiger partial charge in [0.1, 0.15) is 11.6 Å². The first-order valence-corrected chi connectivity index (χ1v) is 5.63. The summed E-state index contributed by atoms with van der Waals surface area (Å²) in [6.45, 7) is 6.92. The number of anilines is 1. The average Bonchev–Trinajstić information content (AvgIpc) is 2.26. The third-order valence-electron chi connectivity index (χ3n) is 1.93. The van der Waals surface area contributed by atoms with Crippen LogP contribution in [-0.2, 0) is 6.42 Å². The summed E-state index contributed by atoms with van der Waals surface area (Å²) in [6, 6.07) is 1.71. The Morgan fingerprint density at radius 1 is 1.44 bits per heavy atom. The Morgan fingerprint density at radius 2 is 2.19 bits per heavy atom. The zero-order valence-electron chi connectivity index (χ0n) is 10.2. The van der Waals surface area contributed by atoms with Gasteiger partial charge < -0.3 is 10.2 Å². The maximum atomic E-state index is 5.55. The van der Waals surface area contributed by atoms with Crippen LogP contribution in [0.25, 0.3) is 0 Å². The lowest BCUT2D eigenvalue weighted by molar-refractivity contribution is 0.260. The van der Waals surface area contributed by atoms with E-state index in [1.54, 1.807) is 6.07 Å². The van der Waals surface area contributed by atoms with Crippen molar-refractivity contribution in [1.82, 2.24) is 9.97 Å². The maximum Gasteiger partial charge on any atom is 0.218 e. The van der Waals surface area contributed by atoms with Gasteiger partial charge in [0.15, 0.2) is 0 Å². The van der Waals surface area contributed by atoms with Crippen LogP contribution in [0.4, 0.5) is 5.82 Å². The highest BCUT2D eigenvalue weighted by Gasteiger charge is 2.05. The lowest BCUT2D eigenvalue weighted by Crippen LogP contribution is -2.12. The number of hydrogen-bond acceptors (Lipinski definition) is 5. The molecule has 1 rings (SSSR count). The third-order valence-corrected chi connectivity index (χ3v) is 1.93. The molecule has 0 fully saturated rings. The molecular formula is C11H20N4O. The normalized spacial score (nSPS) is 10.6. The third kappa shape index (κ3) is 4.02. The first-order valence-electron chi connectivity index (χ1n) is 5.63. The van der Waals surface area contributed by atoms with E-state index >= 15 is 0 Å². The molecule has 0 aliphatic heterocycles. The van der Waals surface area contributed by atoms with E-state index in [9.17, 15) is 0 Å². The van der Waals surface area contributed by atoms with Crippen molar-refractivity contribution in [3.8, 4) is 5.88 Å². The molecule has 16 heavy (non-hydrogen) atoms. The second-order valence-corrected chi connectivity index (χ2v) is 4.11. The largest absolute Gasteiger partial charge is 0.477 e. The number of aryl methyl sites for hydroxylation is 1. The van der Waals surface area contributed by atoms with Crippen molar-refractivity contribution in [1.29, 1.82) is 0 Å². The molecule has 0 saturated heterocycles. The van der Waals surface area contributed by atoms with Gasteiger partial charge in [-0.1, -0.05) is 20.8 Å². The minimum atomic E-state index is 0.471. The SMILES string of the molecule is CCCc1nc(NN)cc(OCC(C)C)n1. The zero-order valence-corrected chi connectivity index (χ0v) is 10.2. The Balaban J connectivity index is 2.77. The molecule has 0 aliphatic rings. The molecule has 3 N–H and O–H groups in total. The van der Waals surface area contributed by atoms with Crippen LogP contribution < -0.4 is 16.0 Å². The molecular weight excluding hydrogens is 204 g/mol. The minimum Gasteiger partial charge on any atom is -0.477 e. The Morgan fingerprint density at radius 3 is 2.75 bits per heavy atom. The second-order valence-electron chi connectivity index (χ2n) is 4.11. The quantitative estimate of drug-likeness (QED) is 0.569. The molecule has 5 nitrogen and oxygen atoms in total. The highest BCUT2D eigenvalue weighted by atomic mass is 16.5. The Hall–Kier alpha value is -1.36. The molecule has 1 heterocycles. The molecule has 0 radical (unpaired) electrons. The van der Waals surface area contributed by atoms with Gasteiger partial charge in [0.25, 0.3) is 0 Å². The second kappa shape index (κ2) is 6.27. The molecule has 0 aliphatic carbocycles. The van der Waals surface area contributed by atoms with Crippen molar-refractivity contribution in [2.45, 2.75) is 33.6 Å². The predicted molar refractivity (Wildman–Crippen MR) is 64.2 cm³/mol. The minimum absolute atomic E-state index is 0.471. The van der Waals surface area contributed by atoms with E-state index in [4.69, 9.17) is 10.6 Å². The first-order chi connectivity index (χ1) is 7.65. The molecule has 1 aromatic heterocycles. The van der Waals surface area contributed by atoms with E-state index < -0.39 is 0 Å². The summed E-state index contributed by atoms with van der Waals surface area (Å²) in [5.41, 5.74) is 2.52.